The molecule has 0 unspecified atom stereocenters. The van der Waals surface area contributed by atoms with Gasteiger partial charge < -0.3 is 5.11 Å². The van der Waals surface area contributed by atoms with E-state index in [0.717, 1.165) is 24.3 Å². The lowest BCUT2D eigenvalue weighted by molar-refractivity contribution is 0.0903. The van der Waals surface area contributed by atoms with Crippen molar-refractivity contribution in [3.8, 4) is 0 Å². The number of carbonyl (C=O) groups excluding carboxylic acids is 1. The van der Waals surface area contributed by atoms with E-state index in [1.165, 1.54) is 18.0 Å². The molecule has 0 atom stereocenters. The van der Waals surface area contributed by atoms with Crippen LogP contribution in [0.25, 0.3) is 0 Å². The molecule has 20 heavy (non-hydrogen) atoms. The average molecular weight is 291 g/mol. The Bertz CT molecular complexity index is 585. The van der Waals surface area contributed by atoms with E-state index >= 15 is 0 Å². The van der Waals surface area contributed by atoms with Crippen LogP contribution in [0.1, 0.15) is 28.2 Å². The van der Waals surface area contributed by atoms with Crippen LogP contribution in [0.5, 0.6) is 0 Å². The Morgan fingerprint density at radius 1 is 1.20 bits per heavy atom. The Balaban J connectivity index is 1.86. The van der Waals surface area contributed by atoms with E-state index in [4.69, 9.17) is 16.7 Å². The summed E-state index contributed by atoms with van der Waals surface area (Å²) in [6, 6.07) is 7.77. The third kappa shape index (κ3) is 4.11. The van der Waals surface area contributed by atoms with E-state index in [1.807, 2.05) is 24.3 Å². The maximum absolute atomic E-state index is 11.2. The van der Waals surface area contributed by atoms with Crippen LogP contribution in [0.2, 0.25) is 5.02 Å². The Kier molecular flexibility index (Phi) is 5.21. The summed E-state index contributed by atoms with van der Waals surface area (Å²) in [5, 5.41) is 9.47. The van der Waals surface area contributed by atoms with Crippen molar-refractivity contribution in [1.29, 1.82) is 0 Å². The number of hydrogen-bond donors (Lipinski definition) is 1. The molecule has 1 aromatic carbocycles. The molecule has 0 aliphatic heterocycles. The first-order chi connectivity index (χ1) is 9.69. The number of halogens is 1. The van der Waals surface area contributed by atoms with Gasteiger partial charge in [0.25, 0.3) is 0 Å². The molecule has 0 amide bonds. The fourth-order valence-corrected chi connectivity index (χ4v) is 2.08. The molecular formula is C15H15ClN2O2. The van der Waals surface area contributed by atoms with Gasteiger partial charge in [-0.25, -0.2) is 9.97 Å². The van der Waals surface area contributed by atoms with E-state index in [0.29, 0.717) is 11.4 Å². The number of aliphatic hydroxyl groups is 1. The van der Waals surface area contributed by atoms with Gasteiger partial charge in [-0.1, -0.05) is 23.7 Å². The quantitative estimate of drug-likeness (QED) is 0.830. The largest absolute Gasteiger partial charge is 0.388 e. The fourth-order valence-electron chi connectivity index (χ4n) is 1.86. The third-order valence-electron chi connectivity index (χ3n) is 2.93. The van der Waals surface area contributed by atoms with Gasteiger partial charge in [-0.3, -0.25) is 4.79 Å². The molecule has 0 saturated carbocycles. The summed E-state index contributed by atoms with van der Waals surface area (Å²) in [5.74, 6) is 0.331. The molecule has 4 nitrogen and oxygen atoms in total. The topological polar surface area (TPSA) is 63.1 Å². The normalized spacial score (nSPS) is 10.5. The Morgan fingerprint density at radius 2 is 1.95 bits per heavy atom. The summed E-state index contributed by atoms with van der Waals surface area (Å²) in [6.07, 6.45) is 5.47. The summed E-state index contributed by atoms with van der Waals surface area (Å²) < 4.78 is 0. The van der Waals surface area contributed by atoms with Crippen LogP contribution in [-0.4, -0.2) is 27.5 Å². The van der Waals surface area contributed by atoms with E-state index < -0.39 is 6.61 Å². The first kappa shape index (κ1) is 14.6. The standard InChI is InChI=1S/C15H15ClN2O2/c16-13-5-1-3-11(7-13)4-2-6-15-17-8-12(9-18-15)14(20)10-19/h1,3,5,7-9,19H,2,4,6,10H2. The van der Waals surface area contributed by atoms with Crippen LogP contribution >= 0.6 is 11.6 Å². The van der Waals surface area contributed by atoms with Gasteiger partial charge in [0, 0.05) is 23.8 Å². The van der Waals surface area contributed by atoms with Gasteiger partial charge in [-0.15, -0.1) is 0 Å². The zero-order valence-electron chi connectivity index (χ0n) is 10.9. The fraction of sp³-hybridized carbons (Fsp3) is 0.267. The lowest BCUT2D eigenvalue weighted by atomic mass is 10.1. The summed E-state index contributed by atoms with van der Waals surface area (Å²) in [4.78, 5) is 19.5. The molecule has 1 N–H and O–H groups in total. The number of nitrogens with zero attached hydrogens (tertiary/aromatic N) is 2. The van der Waals surface area contributed by atoms with Crippen molar-refractivity contribution in [2.24, 2.45) is 0 Å². The van der Waals surface area contributed by atoms with Crippen LogP contribution < -0.4 is 0 Å². The van der Waals surface area contributed by atoms with Crippen LogP contribution in [-0.2, 0) is 12.8 Å². The maximum Gasteiger partial charge on any atom is 0.191 e. The predicted molar refractivity (Wildman–Crippen MR) is 76.9 cm³/mol. The van der Waals surface area contributed by atoms with Gasteiger partial charge in [0.05, 0.1) is 5.56 Å². The van der Waals surface area contributed by atoms with Crippen LogP contribution in [0.4, 0.5) is 0 Å². The highest BCUT2D eigenvalue weighted by atomic mass is 35.5. The van der Waals surface area contributed by atoms with Crippen LogP contribution in [0.3, 0.4) is 0 Å². The van der Waals surface area contributed by atoms with Crippen molar-refractivity contribution in [2.45, 2.75) is 19.3 Å². The molecule has 1 heterocycles. The molecule has 2 rings (SSSR count). The van der Waals surface area contributed by atoms with Crippen molar-refractivity contribution >= 4 is 17.4 Å². The number of ketones is 1. The number of aromatic nitrogens is 2. The molecule has 0 radical (unpaired) electrons. The zero-order chi connectivity index (χ0) is 14.4. The maximum atomic E-state index is 11.2. The second kappa shape index (κ2) is 7.12. The molecule has 1 aromatic heterocycles. The van der Waals surface area contributed by atoms with Crippen molar-refractivity contribution in [2.75, 3.05) is 6.61 Å². The van der Waals surface area contributed by atoms with E-state index in [2.05, 4.69) is 9.97 Å². The number of hydrogen-bond acceptors (Lipinski definition) is 4. The Hall–Kier alpha value is -1.78. The lowest BCUT2D eigenvalue weighted by Gasteiger charge is -2.03. The second-order valence-corrected chi connectivity index (χ2v) is 4.89. The number of aryl methyl sites for hydroxylation is 2. The Labute approximate surface area is 122 Å². The lowest BCUT2D eigenvalue weighted by Crippen LogP contribution is -2.07. The molecule has 0 aliphatic carbocycles. The number of rotatable bonds is 6. The summed E-state index contributed by atoms with van der Waals surface area (Å²) >= 11 is 5.92. The molecule has 104 valence electrons. The highest BCUT2D eigenvalue weighted by Gasteiger charge is 2.05. The minimum absolute atomic E-state index is 0.339. The van der Waals surface area contributed by atoms with E-state index in [9.17, 15) is 4.79 Å². The molecule has 0 saturated heterocycles. The SMILES string of the molecule is O=C(CO)c1cnc(CCCc2cccc(Cl)c2)nc1. The monoisotopic (exact) mass is 290 g/mol. The van der Waals surface area contributed by atoms with Crippen LogP contribution in [0.15, 0.2) is 36.7 Å². The van der Waals surface area contributed by atoms with Gasteiger partial charge >= 0.3 is 0 Å². The molecule has 5 heteroatoms. The molecule has 0 aliphatic rings. The minimum atomic E-state index is -0.516. The van der Waals surface area contributed by atoms with Gasteiger partial charge in [0.2, 0.25) is 0 Å². The molecule has 0 spiro atoms. The summed E-state index contributed by atoms with van der Waals surface area (Å²) in [6.45, 7) is -0.516. The highest BCUT2D eigenvalue weighted by Crippen LogP contribution is 2.13. The Morgan fingerprint density at radius 3 is 2.60 bits per heavy atom. The second-order valence-electron chi connectivity index (χ2n) is 4.45. The van der Waals surface area contributed by atoms with E-state index in [-0.39, 0.29) is 5.78 Å². The van der Waals surface area contributed by atoms with Crippen molar-refractivity contribution in [1.82, 2.24) is 9.97 Å². The number of Topliss-reactive ketones (excluding diaryl/α,β-unsaturated/α-hetero) is 1. The first-order valence-corrected chi connectivity index (χ1v) is 6.76. The smallest absolute Gasteiger partial charge is 0.191 e. The first-order valence-electron chi connectivity index (χ1n) is 6.38. The van der Waals surface area contributed by atoms with Crippen molar-refractivity contribution in [3.63, 3.8) is 0 Å². The molecule has 0 bridgehead atoms. The number of benzene rings is 1. The van der Waals surface area contributed by atoms with E-state index in [1.54, 1.807) is 0 Å². The minimum Gasteiger partial charge on any atom is -0.388 e. The predicted octanol–water partition coefficient (Wildman–Crippen LogP) is 2.48. The summed E-state index contributed by atoms with van der Waals surface area (Å²) in [5.41, 5.74) is 1.52. The van der Waals surface area contributed by atoms with Crippen LogP contribution in [0, 0.1) is 0 Å². The summed E-state index contributed by atoms with van der Waals surface area (Å²) in [7, 11) is 0. The number of carbonyl (C=O) groups is 1. The van der Waals surface area contributed by atoms with Gasteiger partial charge in [-0.05, 0) is 30.5 Å². The molecular weight excluding hydrogens is 276 g/mol. The van der Waals surface area contributed by atoms with Crippen molar-refractivity contribution < 1.29 is 9.90 Å². The molecule has 2 aromatic rings. The highest BCUT2D eigenvalue weighted by molar-refractivity contribution is 6.30. The van der Waals surface area contributed by atoms with Gasteiger partial charge in [0.15, 0.2) is 5.78 Å². The third-order valence-corrected chi connectivity index (χ3v) is 3.16. The molecule has 0 fully saturated rings. The van der Waals surface area contributed by atoms with Crippen molar-refractivity contribution in [3.05, 3.63) is 58.6 Å². The van der Waals surface area contributed by atoms with Gasteiger partial charge in [0.1, 0.15) is 12.4 Å². The number of aliphatic hydroxyl groups excluding tert-OH is 1. The van der Waals surface area contributed by atoms with Gasteiger partial charge in [-0.2, -0.15) is 0 Å². The average Bonchev–Trinajstić information content (AvgIpc) is 2.47. The zero-order valence-corrected chi connectivity index (χ0v) is 11.7.